The number of esters is 1. The second kappa shape index (κ2) is 12.9. The molecule has 9 nitrogen and oxygen atoms in total. The summed E-state index contributed by atoms with van der Waals surface area (Å²) in [5, 5.41) is 15.0. The summed E-state index contributed by atoms with van der Waals surface area (Å²) < 4.78 is 4.95. The smallest absolute Gasteiger partial charge is 0.338 e. The molecule has 0 radical (unpaired) electrons. The summed E-state index contributed by atoms with van der Waals surface area (Å²) in [7, 11) is 0. The summed E-state index contributed by atoms with van der Waals surface area (Å²) in [5.41, 5.74) is 1.04. The maximum Gasteiger partial charge on any atom is 0.338 e. The van der Waals surface area contributed by atoms with Crippen LogP contribution in [0.15, 0.2) is 41.4 Å². The summed E-state index contributed by atoms with van der Waals surface area (Å²) in [6, 6.07) is 10.3. The molecule has 1 aliphatic rings. The standard InChI is InChI=1S/C24H31N5O4S/c1-3-13-25-23(31)18-6-5-14-29(15-18)20-11-12-22(28-27-20)34-16-21(30)26-19-9-7-17(8-10-19)24(32)33-4-2/h7-12,18H,3-6,13-16H2,1-2H3,(H,25,31)(H,26,30). The van der Waals surface area contributed by atoms with Gasteiger partial charge in [-0.3, -0.25) is 9.59 Å². The molecule has 1 unspecified atom stereocenters. The number of carbonyl (C=O) groups excluding carboxylic acids is 3. The van der Waals surface area contributed by atoms with E-state index in [0.717, 1.165) is 31.6 Å². The third-order valence-corrected chi connectivity index (χ3v) is 6.24. The lowest BCUT2D eigenvalue weighted by Crippen LogP contribution is -2.43. The van der Waals surface area contributed by atoms with Crippen molar-refractivity contribution >= 4 is 41.1 Å². The molecule has 2 heterocycles. The van der Waals surface area contributed by atoms with Crippen molar-refractivity contribution in [3.63, 3.8) is 0 Å². The van der Waals surface area contributed by atoms with Crippen LogP contribution in [-0.4, -0.2) is 60.0 Å². The Kier molecular flexibility index (Phi) is 9.69. The molecule has 1 aliphatic heterocycles. The first-order valence-corrected chi connectivity index (χ1v) is 12.5. The Hall–Kier alpha value is -3.14. The van der Waals surface area contributed by atoms with Gasteiger partial charge in [-0.2, -0.15) is 0 Å². The number of hydrogen-bond acceptors (Lipinski definition) is 8. The second-order valence-corrected chi connectivity index (χ2v) is 8.94. The fourth-order valence-corrected chi connectivity index (χ4v) is 4.21. The van der Waals surface area contributed by atoms with Crippen molar-refractivity contribution in [2.75, 3.05) is 42.2 Å². The molecule has 2 amide bonds. The maximum absolute atomic E-state index is 12.3. The third-order valence-electron chi connectivity index (χ3n) is 5.32. The van der Waals surface area contributed by atoms with Gasteiger partial charge in [-0.25, -0.2) is 4.79 Å². The summed E-state index contributed by atoms with van der Waals surface area (Å²) >= 11 is 1.29. The highest BCUT2D eigenvalue weighted by molar-refractivity contribution is 7.99. The van der Waals surface area contributed by atoms with Crippen LogP contribution in [0.1, 0.15) is 43.5 Å². The lowest BCUT2D eigenvalue weighted by atomic mass is 9.97. The zero-order valence-electron chi connectivity index (χ0n) is 19.6. The molecule has 2 N–H and O–H groups in total. The van der Waals surface area contributed by atoms with E-state index >= 15 is 0 Å². The van der Waals surface area contributed by atoms with Crippen LogP contribution in [0.4, 0.5) is 11.5 Å². The average molecular weight is 486 g/mol. The van der Waals surface area contributed by atoms with E-state index in [-0.39, 0.29) is 23.5 Å². The quantitative estimate of drug-likeness (QED) is 0.390. The Bertz CT molecular complexity index is 968. The number of piperidine rings is 1. The number of hydrogen-bond donors (Lipinski definition) is 2. The monoisotopic (exact) mass is 485 g/mol. The van der Waals surface area contributed by atoms with Crippen LogP contribution in [0, 0.1) is 5.92 Å². The highest BCUT2D eigenvalue weighted by Crippen LogP contribution is 2.23. The molecule has 1 saturated heterocycles. The molecular formula is C24H31N5O4S. The van der Waals surface area contributed by atoms with Crippen LogP contribution >= 0.6 is 11.8 Å². The fraction of sp³-hybridized carbons (Fsp3) is 0.458. The van der Waals surface area contributed by atoms with Crippen molar-refractivity contribution in [1.82, 2.24) is 15.5 Å². The highest BCUT2D eigenvalue weighted by atomic mass is 32.2. The Morgan fingerprint density at radius 1 is 1.12 bits per heavy atom. The minimum absolute atomic E-state index is 0.0359. The van der Waals surface area contributed by atoms with Gasteiger partial charge in [0.2, 0.25) is 11.8 Å². The van der Waals surface area contributed by atoms with Gasteiger partial charge in [0.25, 0.3) is 0 Å². The zero-order chi connectivity index (χ0) is 24.3. The number of carbonyl (C=O) groups is 3. The van der Waals surface area contributed by atoms with Crippen molar-refractivity contribution in [3.05, 3.63) is 42.0 Å². The van der Waals surface area contributed by atoms with Crippen LogP contribution < -0.4 is 15.5 Å². The van der Waals surface area contributed by atoms with E-state index in [2.05, 4.69) is 25.7 Å². The van der Waals surface area contributed by atoms with Gasteiger partial charge in [0.1, 0.15) is 5.03 Å². The minimum Gasteiger partial charge on any atom is -0.462 e. The van der Waals surface area contributed by atoms with Crippen LogP contribution in [0.2, 0.25) is 0 Å². The molecule has 1 aromatic carbocycles. The molecule has 0 bridgehead atoms. The number of thioether (sulfide) groups is 1. The predicted octanol–water partition coefficient (Wildman–Crippen LogP) is 3.13. The largest absolute Gasteiger partial charge is 0.462 e. The van der Waals surface area contributed by atoms with Crippen LogP contribution in [0.5, 0.6) is 0 Å². The number of aromatic nitrogens is 2. The van der Waals surface area contributed by atoms with Crippen LogP contribution in [0.3, 0.4) is 0 Å². The van der Waals surface area contributed by atoms with Gasteiger partial charge in [-0.1, -0.05) is 18.7 Å². The Morgan fingerprint density at radius 3 is 2.59 bits per heavy atom. The van der Waals surface area contributed by atoms with Crippen molar-refractivity contribution < 1.29 is 19.1 Å². The predicted molar refractivity (Wildman–Crippen MR) is 132 cm³/mol. The van der Waals surface area contributed by atoms with Crippen molar-refractivity contribution in [3.8, 4) is 0 Å². The molecule has 3 rings (SSSR count). The first-order valence-electron chi connectivity index (χ1n) is 11.6. The average Bonchev–Trinajstić information content (AvgIpc) is 2.87. The summed E-state index contributed by atoms with van der Waals surface area (Å²) in [4.78, 5) is 38.4. The number of benzene rings is 1. The topological polar surface area (TPSA) is 114 Å². The number of anilines is 2. The fourth-order valence-electron chi connectivity index (χ4n) is 3.59. The molecule has 0 spiro atoms. The van der Waals surface area contributed by atoms with E-state index in [9.17, 15) is 14.4 Å². The summed E-state index contributed by atoms with van der Waals surface area (Å²) in [6.45, 7) is 6.28. The second-order valence-electron chi connectivity index (χ2n) is 7.94. The van der Waals surface area contributed by atoms with Gasteiger partial charge in [-0.05, 0) is 62.6 Å². The molecule has 182 valence electrons. The lowest BCUT2D eigenvalue weighted by Gasteiger charge is -2.32. The number of nitrogens with one attached hydrogen (secondary N) is 2. The van der Waals surface area contributed by atoms with Crippen LogP contribution in [-0.2, 0) is 14.3 Å². The lowest BCUT2D eigenvalue weighted by molar-refractivity contribution is -0.125. The number of nitrogens with zero attached hydrogens (tertiary/aromatic N) is 3. The summed E-state index contributed by atoms with van der Waals surface area (Å²) in [6.07, 6.45) is 2.74. The van der Waals surface area contributed by atoms with E-state index in [1.54, 1.807) is 31.2 Å². The van der Waals surface area contributed by atoms with E-state index in [4.69, 9.17) is 4.74 Å². The minimum atomic E-state index is -0.391. The van der Waals surface area contributed by atoms with Gasteiger partial charge in [0, 0.05) is 25.3 Å². The molecule has 0 saturated carbocycles. The van der Waals surface area contributed by atoms with Crippen molar-refractivity contribution in [2.45, 2.75) is 38.1 Å². The first kappa shape index (κ1) is 25.5. The highest BCUT2D eigenvalue weighted by Gasteiger charge is 2.26. The Morgan fingerprint density at radius 2 is 1.91 bits per heavy atom. The molecule has 34 heavy (non-hydrogen) atoms. The molecule has 1 fully saturated rings. The maximum atomic E-state index is 12.3. The first-order chi connectivity index (χ1) is 16.5. The van der Waals surface area contributed by atoms with E-state index in [0.29, 0.717) is 36.0 Å². The van der Waals surface area contributed by atoms with Gasteiger partial charge in [0.05, 0.1) is 23.8 Å². The Balaban J connectivity index is 1.46. The normalized spacial score (nSPS) is 15.5. The molecular weight excluding hydrogens is 454 g/mol. The SMILES string of the molecule is CCCNC(=O)C1CCCN(c2ccc(SCC(=O)Nc3ccc(C(=O)OCC)cc3)nn2)C1. The van der Waals surface area contributed by atoms with Gasteiger partial charge < -0.3 is 20.3 Å². The Labute approximate surface area is 204 Å². The van der Waals surface area contributed by atoms with E-state index in [1.165, 1.54) is 11.8 Å². The number of rotatable bonds is 10. The molecule has 0 aliphatic carbocycles. The van der Waals surface area contributed by atoms with Crippen LogP contribution in [0.25, 0.3) is 0 Å². The number of amides is 2. The summed E-state index contributed by atoms with van der Waals surface area (Å²) in [5.74, 6) is 0.411. The molecule has 1 atom stereocenters. The van der Waals surface area contributed by atoms with Crippen molar-refractivity contribution in [2.24, 2.45) is 5.92 Å². The third kappa shape index (κ3) is 7.44. The van der Waals surface area contributed by atoms with E-state index in [1.807, 2.05) is 19.1 Å². The van der Waals surface area contributed by atoms with Gasteiger partial charge >= 0.3 is 5.97 Å². The zero-order valence-corrected chi connectivity index (χ0v) is 20.4. The van der Waals surface area contributed by atoms with Gasteiger partial charge in [-0.15, -0.1) is 10.2 Å². The molecule has 2 aromatic rings. The van der Waals surface area contributed by atoms with E-state index < -0.39 is 5.97 Å². The van der Waals surface area contributed by atoms with Crippen molar-refractivity contribution in [1.29, 1.82) is 0 Å². The number of ether oxygens (including phenoxy) is 1. The molecule has 1 aromatic heterocycles. The molecule has 10 heteroatoms. The van der Waals surface area contributed by atoms with Gasteiger partial charge in [0.15, 0.2) is 5.82 Å².